The maximum Gasteiger partial charge on any atom is 0.337 e. The van der Waals surface area contributed by atoms with Crippen LogP contribution in [0.25, 0.3) is 0 Å². The van der Waals surface area contributed by atoms with Crippen LogP contribution in [-0.2, 0) is 61.7 Å². The van der Waals surface area contributed by atoms with Gasteiger partial charge in [-0.3, -0.25) is 4.79 Å². The monoisotopic (exact) mass is 1250 g/mol. The lowest BCUT2D eigenvalue weighted by Gasteiger charge is -2.71. The summed E-state index contributed by atoms with van der Waals surface area (Å²) in [5, 5.41) is 151. The molecule has 0 radical (unpaired) electrons. The number of methoxy groups -OCH3 is 1. The smallest absolute Gasteiger partial charge is 0.337 e. The Balaban J connectivity index is 0.819. The molecule has 27 heteroatoms. The predicted molar refractivity (Wildman–Crippen MR) is 293 cm³/mol. The first-order valence-electron chi connectivity index (χ1n) is 31.0. The number of fused-ring (bicyclic) bond motifs is 7. The van der Waals surface area contributed by atoms with Gasteiger partial charge < -0.3 is 124 Å². The highest BCUT2D eigenvalue weighted by molar-refractivity contribution is 5.79. The number of aliphatic hydroxyl groups excluding tert-OH is 14. The van der Waals surface area contributed by atoms with Gasteiger partial charge in [0.2, 0.25) is 6.29 Å². The zero-order chi connectivity index (χ0) is 63.6. The summed E-state index contributed by atoms with van der Waals surface area (Å²) in [6.45, 7) is 15.1. The van der Waals surface area contributed by atoms with Crippen molar-refractivity contribution >= 4 is 11.9 Å². The second-order valence-electron chi connectivity index (χ2n) is 28.8. The molecule has 9 fully saturated rings. The Bertz CT molecular complexity index is 2470. The molecule has 0 bridgehead atoms. The maximum absolute atomic E-state index is 15.2. The fraction of sp³-hybridized carbons (Fsp3) is 0.933. The van der Waals surface area contributed by atoms with Crippen molar-refractivity contribution in [2.24, 2.45) is 50.2 Å². The molecule has 5 aliphatic heterocycles. The van der Waals surface area contributed by atoms with Crippen molar-refractivity contribution in [1.29, 1.82) is 0 Å². The van der Waals surface area contributed by atoms with Crippen LogP contribution in [0, 0.1) is 50.2 Å². The van der Waals surface area contributed by atoms with Crippen molar-refractivity contribution in [2.75, 3.05) is 26.9 Å². The van der Waals surface area contributed by atoms with Gasteiger partial charge in [0.1, 0.15) is 104 Å². The van der Waals surface area contributed by atoms with E-state index < -0.39 is 196 Å². The van der Waals surface area contributed by atoms with E-state index in [0.29, 0.717) is 38.5 Å². The molecular weight excluding hydrogens is 1150 g/mol. The van der Waals surface area contributed by atoms with E-state index in [1.165, 1.54) is 12.5 Å². The van der Waals surface area contributed by atoms with Crippen LogP contribution in [0.15, 0.2) is 11.6 Å². The lowest BCUT2D eigenvalue weighted by Crippen LogP contribution is -2.66. The van der Waals surface area contributed by atoms with Crippen LogP contribution in [0.1, 0.15) is 120 Å². The van der Waals surface area contributed by atoms with Gasteiger partial charge in [0.25, 0.3) is 0 Å². The van der Waals surface area contributed by atoms with Crippen LogP contribution in [0.2, 0.25) is 0 Å². The summed E-state index contributed by atoms with van der Waals surface area (Å²) >= 11 is 0. The Morgan fingerprint density at radius 1 is 0.552 bits per heavy atom. The number of carbonyl (C=O) groups excluding carboxylic acids is 2. The Kier molecular flexibility index (Phi) is 19.4. The number of hydrogen-bond acceptors (Lipinski definition) is 27. The van der Waals surface area contributed by atoms with Crippen molar-refractivity contribution in [3.05, 3.63) is 11.6 Å². The van der Waals surface area contributed by atoms with E-state index in [2.05, 4.69) is 54.5 Å². The normalized spacial score (nSPS) is 52.9. The zero-order valence-corrected chi connectivity index (χ0v) is 51.0. The maximum atomic E-state index is 15.2. The molecule has 5 heterocycles. The summed E-state index contributed by atoms with van der Waals surface area (Å²) in [6.07, 6.45) is -30.7. The van der Waals surface area contributed by atoms with Crippen LogP contribution < -0.4 is 0 Å². The number of allylic oxidation sites excluding steroid dienone is 2. The molecule has 0 aromatic rings. The van der Waals surface area contributed by atoms with Crippen molar-refractivity contribution in [1.82, 2.24) is 0 Å². The molecule has 5 aliphatic carbocycles. The molecule has 4 saturated carbocycles. The van der Waals surface area contributed by atoms with E-state index in [1.807, 2.05) is 0 Å². The first kappa shape index (κ1) is 67.6. The van der Waals surface area contributed by atoms with Gasteiger partial charge in [0.15, 0.2) is 31.3 Å². The molecule has 498 valence electrons. The van der Waals surface area contributed by atoms with Crippen molar-refractivity contribution in [2.45, 2.75) is 273 Å². The minimum atomic E-state index is -1.90. The highest BCUT2D eigenvalue weighted by atomic mass is 16.8. The van der Waals surface area contributed by atoms with E-state index in [0.717, 1.165) is 32.8 Å². The van der Waals surface area contributed by atoms with Crippen molar-refractivity contribution in [3.8, 4) is 0 Å². The number of esters is 2. The topological polar surface area (TPSA) is 419 Å². The first-order chi connectivity index (χ1) is 40.7. The van der Waals surface area contributed by atoms with E-state index in [-0.39, 0.29) is 39.4 Å². The van der Waals surface area contributed by atoms with Crippen LogP contribution in [0.5, 0.6) is 0 Å². The van der Waals surface area contributed by atoms with Gasteiger partial charge in [-0.15, -0.1) is 0 Å². The Labute approximate surface area is 505 Å². The first-order valence-corrected chi connectivity index (χ1v) is 31.0. The third kappa shape index (κ3) is 11.4. The number of carbonyl (C=O) groups is 2. The van der Waals surface area contributed by atoms with Gasteiger partial charge in [0.05, 0.1) is 44.6 Å². The number of rotatable bonds is 14. The second kappa shape index (κ2) is 24.9. The molecule has 0 amide bonds. The van der Waals surface area contributed by atoms with Gasteiger partial charge in [-0.05, 0) is 116 Å². The van der Waals surface area contributed by atoms with E-state index in [1.54, 1.807) is 0 Å². The third-order valence-electron chi connectivity index (χ3n) is 23.3. The van der Waals surface area contributed by atoms with Gasteiger partial charge in [-0.1, -0.05) is 60.1 Å². The number of aliphatic hydroxyl groups is 14. The second-order valence-corrected chi connectivity index (χ2v) is 28.8. The molecular formula is C60H96O27. The van der Waals surface area contributed by atoms with Crippen LogP contribution >= 0.6 is 0 Å². The molecule has 87 heavy (non-hydrogen) atoms. The molecule has 0 aromatic carbocycles. The van der Waals surface area contributed by atoms with Crippen LogP contribution in [0.3, 0.4) is 0 Å². The zero-order valence-electron chi connectivity index (χ0n) is 51.0. The predicted octanol–water partition coefficient (Wildman–Crippen LogP) is -2.36. The minimum Gasteiger partial charge on any atom is -0.467 e. The van der Waals surface area contributed by atoms with Crippen LogP contribution in [-0.4, -0.2) is 264 Å². The highest BCUT2D eigenvalue weighted by Crippen LogP contribution is 2.76. The summed E-state index contributed by atoms with van der Waals surface area (Å²) in [7, 11) is 1.12. The number of hydrogen-bond donors (Lipinski definition) is 14. The molecule has 0 spiro atoms. The van der Waals surface area contributed by atoms with Gasteiger partial charge in [-0.25, -0.2) is 4.79 Å². The lowest BCUT2D eigenvalue weighted by atomic mass is 9.33. The molecule has 10 aliphatic rings. The summed E-state index contributed by atoms with van der Waals surface area (Å²) in [4.78, 5) is 28.5. The fourth-order valence-corrected chi connectivity index (χ4v) is 17.7. The molecule has 10 rings (SSSR count). The summed E-state index contributed by atoms with van der Waals surface area (Å²) in [6, 6.07) is 0. The SMILES string of the molecule is COC(=O)[C@H]1O[C@@H](O[C@H]2CC[C@]3(C)[C@H]4CC=C5[C@@H]6CC(C)(C)CC[C@]6(C(=O)O[C@@H]6O[C@H](CO[C@@H]7O[C@H](CO)[C@@H](O[C@@H]8O[C@@H](C)[C@H](O)[C@@H](O)[C@H]8O)[C@H](O)[C@H]7O)[C@@H](O)[C@H](O)[C@H]6O)CC[C@@]5(C)[C@]4(C)CC[C@H]3C2(C)C)[C@H](O)[C@@H](O)[C@@H]1O[C@@H]1O[C@@H](CO)[C@H](O)[C@H]1O. The largest absolute Gasteiger partial charge is 0.467 e. The highest BCUT2D eigenvalue weighted by Gasteiger charge is 2.70. The molecule has 27 nitrogen and oxygen atoms in total. The lowest BCUT2D eigenvalue weighted by molar-refractivity contribution is -0.361. The molecule has 0 aromatic heterocycles. The fourth-order valence-electron chi connectivity index (χ4n) is 17.7. The molecule has 5 saturated heterocycles. The summed E-state index contributed by atoms with van der Waals surface area (Å²) in [5.74, 6) is -1.58. The summed E-state index contributed by atoms with van der Waals surface area (Å²) in [5.41, 5.74) is -1.44. The van der Waals surface area contributed by atoms with E-state index in [4.69, 9.17) is 52.1 Å². The minimum absolute atomic E-state index is 0.0910. The standard InChI is InChI=1S/C60H96O27/c1-24-33(63)36(66)41(71)50(79-24)84-45-28(22-62)81-49(43(73)38(45)68)78-23-29-35(65)37(67)42(72)52(82-29)87-54(76)60-18-16-55(2,3)20-26(60)25-10-11-31-57(6)14-13-32(56(4,5)30(57)12-15-59(31,8)58(25,7)17-19-60)83-53-44(74)39(69)46(47(86-53)48(75)77-9)85-51-40(70)34(64)27(21-61)80-51/h10,24,26-47,49-53,61-74H,11-23H2,1-9H3/t24-,26-,27-,28+,29+,30-,31+,32-,33-,34-,35+,36+,37-,38+,39+,40+,41+,42+,43+,44+,45+,46-,47-,49+,50-,51-,52-,53+,57-,58+,59+,60-/m0/s1. The number of ether oxygens (including phenoxy) is 11. The van der Waals surface area contributed by atoms with Crippen LogP contribution in [0.4, 0.5) is 0 Å². The Hall–Kier alpha value is -2.24. The third-order valence-corrected chi connectivity index (χ3v) is 23.3. The van der Waals surface area contributed by atoms with Gasteiger partial charge in [0, 0.05) is 0 Å². The van der Waals surface area contributed by atoms with Crippen molar-refractivity contribution in [3.63, 3.8) is 0 Å². The Morgan fingerprint density at radius 3 is 1.77 bits per heavy atom. The average molecular weight is 1250 g/mol. The van der Waals surface area contributed by atoms with E-state index in [9.17, 15) is 76.3 Å². The summed E-state index contributed by atoms with van der Waals surface area (Å²) < 4.78 is 63.9. The van der Waals surface area contributed by atoms with Crippen molar-refractivity contribution < 1.29 is 133 Å². The molecule has 0 unspecified atom stereocenters. The Morgan fingerprint density at radius 2 is 1.10 bits per heavy atom. The molecule has 32 atom stereocenters. The van der Waals surface area contributed by atoms with Gasteiger partial charge in [-0.2, -0.15) is 0 Å². The molecule has 14 N–H and O–H groups in total. The van der Waals surface area contributed by atoms with Gasteiger partial charge >= 0.3 is 11.9 Å². The average Bonchev–Trinajstić information content (AvgIpc) is 0.858. The quantitative estimate of drug-likeness (QED) is 0.0491. The van der Waals surface area contributed by atoms with E-state index >= 15 is 4.79 Å².